The van der Waals surface area contributed by atoms with Crippen molar-refractivity contribution in [1.29, 1.82) is 0 Å². The summed E-state index contributed by atoms with van der Waals surface area (Å²) in [6, 6.07) is 9.65. The maximum absolute atomic E-state index is 13.2. The van der Waals surface area contributed by atoms with E-state index >= 15 is 0 Å². The molecule has 0 saturated carbocycles. The maximum atomic E-state index is 13.2. The van der Waals surface area contributed by atoms with Crippen LogP contribution in [-0.4, -0.2) is 10.9 Å². The van der Waals surface area contributed by atoms with E-state index in [4.69, 9.17) is 0 Å². The molecule has 2 aliphatic rings. The number of ketones is 1. The SMILES string of the molecule is Cc1ccc2c(c1)NC(c1cc(Br)c(O)c(Br)c1)C1=C(CC(C)(C)CC1=O)N2. The Bertz CT molecular complexity index is 1000. The summed E-state index contributed by atoms with van der Waals surface area (Å²) in [5, 5.41) is 17.2. The van der Waals surface area contributed by atoms with Crippen LogP contribution in [-0.2, 0) is 4.79 Å². The third-order valence-corrected chi connectivity index (χ3v) is 6.55. The summed E-state index contributed by atoms with van der Waals surface area (Å²) in [6.07, 6.45) is 1.32. The molecule has 4 rings (SSSR count). The standard InChI is InChI=1S/C22H22Br2N2O2/c1-11-4-5-15-16(6-11)26-20(12-7-13(23)21(28)14(24)8-12)19-17(25-15)9-22(2,3)10-18(19)27/h4-8,20,25-26,28H,9-10H2,1-3H3. The van der Waals surface area contributed by atoms with Gasteiger partial charge in [0, 0.05) is 17.7 Å². The topological polar surface area (TPSA) is 61.4 Å². The Labute approximate surface area is 181 Å². The number of rotatable bonds is 1. The van der Waals surface area contributed by atoms with Crippen molar-refractivity contribution in [3.05, 3.63) is 61.7 Å². The van der Waals surface area contributed by atoms with Crippen LogP contribution in [0.25, 0.3) is 0 Å². The summed E-state index contributed by atoms with van der Waals surface area (Å²) in [5.41, 5.74) is 5.66. The molecule has 0 amide bonds. The lowest BCUT2D eigenvalue weighted by Crippen LogP contribution is -2.31. The summed E-state index contributed by atoms with van der Waals surface area (Å²) in [7, 11) is 0. The number of fused-ring (bicyclic) bond motifs is 1. The lowest BCUT2D eigenvalue weighted by atomic mass is 9.73. The molecule has 4 nitrogen and oxygen atoms in total. The van der Waals surface area contributed by atoms with Gasteiger partial charge in [-0.2, -0.15) is 0 Å². The number of benzene rings is 2. The zero-order valence-electron chi connectivity index (χ0n) is 16.0. The van der Waals surface area contributed by atoms with E-state index < -0.39 is 0 Å². The molecular formula is C22H22Br2N2O2. The summed E-state index contributed by atoms with van der Waals surface area (Å²) in [4.78, 5) is 13.2. The van der Waals surface area contributed by atoms with Crippen LogP contribution in [0.3, 0.4) is 0 Å². The maximum Gasteiger partial charge on any atom is 0.163 e. The van der Waals surface area contributed by atoms with E-state index in [0.717, 1.165) is 40.2 Å². The molecule has 1 unspecified atom stereocenters. The second kappa shape index (κ2) is 6.92. The third kappa shape index (κ3) is 3.48. The highest BCUT2D eigenvalue weighted by Gasteiger charge is 2.39. The van der Waals surface area contributed by atoms with Crippen LogP contribution >= 0.6 is 31.9 Å². The van der Waals surface area contributed by atoms with Crippen LogP contribution in [0.2, 0.25) is 0 Å². The minimum atomic E-state index is -0.303. The molecular weight excluding hydrogens is 484 g/mol. The predicted molar refractivity (Wildman–Crippen MR) is 120 cm³/mol. The second-order valence-corrected chi connectivity index (χ2v) is 10.1. The van der Waals surface area contributed by atoms with Crippen LogP contribution in [0.1, 0.15) is 43.9 Å². The van der Waals surface area contributed by atoms with Crippen molar-refractivity contribution >= 4 is 49.0 Å². The molecule has 0 aromatic heterocycles. The molecule has 0 fully saturated rings. The number of Topliss-reactive ketones (excluding diaryl/α,β-unsaturated/α-hetero) is 1. The van der Waals surface area contributed by atoms with E-state index in [-0.39, 0.29) is 23.0 Å². The number of phenolic OH excluding ortho intramolecular Hbond substituents is 1. The number of aromatic hydroxyl groups is 1. The summed E-state index contributed by atoms with van der Waals surface area (Å²) < 4.78 is 1.18. The number of aryl methyl sites for hydroxylation is 1. The number of allylic oxidation sites excluding steroid dienone is 1. The normalized spacial score (nSPS) is 20.6. The van der Waals surface area contributed by atoms with E-state index in [0.29, 0.717) is 15.4 Å². The van der Waals surface area contributed by atoms with Crippen LogP contribution in [0.15, 0.2) is 50.5 Å². The zero-order valence-corrected chi connectivity index (χ0v) is 19.2. The number of hydrogen-bond donors (Lipinski definition) is 3. The van der Waals surface area contributed by atoms with Crippen LogP contribution in [0, 0.1) is 12.3 Å². The number of phenols is 1. The van der Waals surface area contributed by atoms with E-state index in [1.165, 1.54) is 0 Å². The Hall–Kier alpha value is -1.79. The van der Waals surface area contributed by atoms with Crippen molar-refractivity contribution in [1.82, 2.24) is 0 Å². The Morgan fingerprint density at radius 3 is 2.43 bits per heavy atom. The highest BCUT2D eigenvalue weighted by Crippen LogP contribution is 2.47. The molecule has 0 saturated heterocycles. The molecule has 28 heavy (non-hydrogen) atoms. The first kappa shape index (κ1) is 19.5. The zero-order chi connectivity index (χ0) is 20.2. The van der Waals surface area contributed by atoms with Gasteiger partial charge in [0.25, 0.3) is 0 Å². The number of carbonyl (C=O) groups excluding carboxylic acids is 1. The van der Waals surface area contributed by atoms with Gasteiger partial charge in [0.2, 0.25) is 0 Å². The minimum Gasteiger partial charge on any atom is -0.506 e. The van der Waals surface area contributed by atoms with Gasteiger partial charge in [-0.15, -0.1) is 0 Å². The van der Waals surface area contributed by atoms with Crippen LogP contribution in [0.4, 0.5) is 11.4 Å². The van der Waals surface area contributed by atoms with E-state index in [1.807, 2.05) is 12.1 Å². The van der Waals surface area contributed by atoms with Gasteiger partial charge < -0.3 is 15.7 Å². The van der Waals surface area contributed by atoms with Crippen molar-refractivity contribution in [3.8, 4) is 5.75 Å². The highest BCUT2D eigenvalue weighted by atomic mass is 79.9. The van der Waals surface area contributed by atoms with Gasteiger partial charge >= 0.3 is 0 Å². The van der Waals surface area contributed by atoms with Crippen LogP contribution < -0.4 is 10.6 Å². The Morgan fingerprint density at radius 2 is 1.75 bits per heavy atom. The van der Waals surface area contributed by atoms with E-state index in [1.54, 1.807) is 0 Å². The van der Waals surface area contributed by atoms with Crippen molar-refractivity contribution in [2.45, 2.75) is 39.7 Å². The van der Waals surface area contributed by atoms with Gasteiger partial charge in [-0.05, 0) is 86.0 Å². The quantitative estimate of drug-likeness (QED) is 0.417. The lowest BCUT2D eigenvalue weighted by molar-refractivity contribution is -0.118. The molecule has 0 spiro atoms. The van der Waals surface area contributed by atoms with Gasteiger partial charge in [-0.1, -0.05) is 19.9 Å². The average Bonchev–Trinajstić information content (AvgIpc) is 2.74. The Morgan fingerprint density at radius 1 is 1.07 bits per heavy atom. The molecule has 1 heterocycles. The Balaban J connectivity index is 1.92. The largest absolute Gasteiger partial charge is 0.506 e. The molecule has 2 aromatic rings. The van der Waals surface area contributed by atoms with Gasteiger partial charge in [-0.3, -0.25) is 4.79 Å². The smallest absolute Gasteiger partial charge is 0.163 e. The molecule has 3 N–H and O–H groups in total. The van der Waals surface area contributed by atoms with Gasteiger partial charge in [-0.25, -0.2) is 0 Å². The summed E-state index contributed by atoms with van der Waals surface area (Å²) >= 11 is 6.85. The first-order valence-corrected chi connectivity index (χ1v) is 10.8. The fourth-order valence-corrected chi connectivity index (χ4v) is 5.28. The summed E-state index contributed by atoms with van der Waals surface area (Å²) in [6.45, 7) is 6.32. The van der Waals surface area contributed by atoms with Gasteiger partial charge in [0.05, 0.1) is 26.4 Å². The fourth-order valence-electron chi connectivity index (χ4n) is 4.06. The number of hydrogen-bond acceptors (Lipinski definition) is 4. The molecule has 6 heteroatoms. The highest BCUT2D eigenvalue weighted by molar-refractivity contribution is 9.11. The van der Waals surface area contributed by atoms with Crippen molar-refractivity contribution in [3.63, 3.8) is 0 Å². The molecule has 1 aliphatic carbocycles. The van der Waals surface area contributed by atoms with E-state index in [2.05, 4.69) is 81.5 Å². The second-order valence-electron chi connectivity index (χ2n) is 8.42. The third-order valence-electron chi connectivity index (χ3n) is 5.34. The monoisotopic (exact) mass is 504 g/mol. The predicted octanol–water partition coefficient (Wildman–Crippen LogP) is 6.45. The molecule has 1 aliphatic heterocycles. The fraction of sp³-hybridized carbons (Fsp3) is 0.318. The molecule has 146 valence electrons. The molecule has 1 atom stereocenters. The van der Waals surface area contributed by atoms with Crippen molar-refractivity contribution < 1.29 is 9.90 Å². The van der Waals surface area contributed by atoms with E-state index in [9.17, 15) is 9.90 Å². The average molecular weight is 506 g/mol. The molecule has 0 bridgehead atoms. The first-order valence-electron chi connectivity index (χ1n) is 9.23. The van der Waals surface area contributed by atoms with Gasteiger partial charge in [0.1, 0.15) is 5.75 Å². The number of halogens is 2. The van der Waals surface area contributed by atoms with Crippen molar-refractivity contribution in [2.75, 3.05) is 10.6 Å². The lowest BCUT2D eigenvalue weighted by Gasteiger charge is -2.34. The summed E-state index contributed by atoms with van der Waals surface area (Å²) in [5.74, 6) is 0.304. The minimum absolute atomic E-state index is 0.0845. The first-order chi connectivity index (χ1) is 13.1. The van der Waals surface area contributed by atoms with Gasteiger partial charge in [0.15, 0.2) is 5.78 Å². The Kier molecular flexibility index (Phi) is 4.82. The number of anilines is 2. The molecule has 2 aromatic carbocycles. The number of carbonyl (C=O) groups is 1. The molecule has 0 radical (unpaired) electrons. The number of nitrogens with one attached hydrogen (secondary N) is 2. The van der Waals surface area contributed by atoms with Crippen LogP contribution in [0.5, 0.6) is 5.75 Å². The van der Waals surface area contributed by atoms with Crippen molar-refractivity contribution in [2.24, 2.45) is 5.41 Å².